The maximum Gasteiger partial charge on any atom is 0.409 e. The Morgan fingerprint density at radius 1 is 1.29 bits per heavy atom. The van der Waals surface area contributed by atoms with Crippen molar-refractivity contribution in [3.63, 3.8) is 0 Å². The Balaban J connectivity index is 1.94. The van der Waals surface area contributed by atoms with Gasteiger partial charge in [0.25, 0.3) is 5.56 Å². The maximum atomic E-state index is 12.1. The molecule has 1 aromatic carbocycles. The Labute approximate surface area is 148 Å². The fourth-order valence-electron chi connectivity index (χ4n) is 3.14. The highest BCUT2D eigenvalue weighted by Gasteiger charge is 2.35. The second kappa shape index (κ2) is 6.91. The van der Waals surface area contributed by atoms with E-state index in [1.54, 1.807) is 23.1 Å². The normalized spacial score (nSPS) is 20.9. The van der Waals surface area contributed by atoms with Crippen molar-refractivity contribution >= 4 is 29.3 Å². The molecule has 2 atom stereocenters. The number of carbonyl (C=O) groups excluding carboxylic acids is 1. The molecule has 6 nitrogen and oxygen atoms in total. The first-order chi connectivity index (χ1) is 11.5. The number of nitrogens with zero attached hydrogens (tertiary/aromatic N) is 1. The average Bonchev–Trinajstić information content (AvgIpc) is 2.99. The summed E-state index contributed by atoms with van der Waals surface area (Å²) >= 11 is 12.2. The van der Waals surface area contributed by atoms with Crippen molar-refractivity contribution in [2.75, 3.05) is 13.7 Å². The molecule has 24 heavy (non-hydrogen) atoms. The van der Waals surface area contributed by atoms with Crippen molar-refractivity contribution in [2.24, 2.45) is 0 Å². The van der Waals surface area contributed by atoms with E-state index in [1.807, 2.05) is 0 Å². The van der Waals surface area contributed by atoms with Crippen LogP contribution in [0.25, 0.3) is 0 Å². The minimum Gasteiger partial charge on any atom is -0.453 e. The number of aromatic nitrogens is 1. The molecule has 1 aromatic heterocycles. The van der Waals surface area contributed by atoms with Gasteiger partial charge in [0.2, 0.25) is 0 Å². The van der Waals surface area contributed by atoms with Crippen LogP contribution in [0, 0.1) is 0 Å². The lowest BCUT2D eigenvalue weighted by Gasteiger charge is -2.38. The van der Waals surface area contributed by atoms with Crippen LogP contribution in [-0.4, -0.2) is 29.8 Å². The van der Waals surface area contributed by atoms with E-state index in [9.17, 15) is 9.59 Å². The molecule has 0 radical (unpaired) electrons. The summed E-state index contributed by atoms with van der Waals surface area (Å²) in [5.41, 5.74) is 0.545. The third-order valence-electron chi connectivity index (χ3n) is 4.23. The second-order valence-electron chi connectivity index (χ2n) is 5.72. The van der Waals surface area contributed by atoms with Crippen LogP contribution in [0.1, 0.15) is 36.1 Å². The molecule has 0 saturated carbocycles. The van der Waals surface area contributed by atoms with E-state index in [1.165, 1.54) is 13.2 Å². The molecular formula is C16H16Cl2N2O4. The molecule has 2 aromatic rings. The summed E-state index contributed by atoms with van der Waals surface area (Å²) in [6.45, 7) is 0.473. The predicted molar refractivity (Wildman–Crippen MR) is 89.6 cm³/mol. The minimum atomic E-state index is -0.412. The van der Waals surface area contributed by atoms with Crippen molar-refractivity contribution in [3.05, 3.63) is 56.0 Å². The topological polar surface area (TPSA) is 75.5 Å². The van der Waals surface area contributed by atoms with Gasteiger partial charge in [-0.2, -0.15) is 5.16 Å². The summed E-state index contributed by atoms with van der Waals surface area (Å²) in [7, 11) is 1.35. The highest BCUT2D eigenvalue weighted by atomic mass is 35.5. The summed E-state index contributed by atoms with van der Waals surface area (Å²) in [6, 6.07) is 6.38. The number of ether oxygens (including phenoxy) is 1. The van der Waals surface area contributed by atoms with Gasteiger partial charge >= 0.3 is 6.09 Å². The highest BCUT2D eigenvalue weighted by molar-refractivity contribution is 6.34. The van der Waals surface area contributed by atoms with Crippen LogP contribution in [-0.2, 0) is 4.74 Å². The molecule has 1 saturated heterocycles. The first-order valence-electron chi connectivity index (χ1n) is 7.47. The predicted octanol–water partition coefficient (Wildman–Crippen LogP) is 3.96. The van der Waals surface area contributed by atoms with Gasteiger partial charge in [0.05, 0.1) is 13.2 Å². The second-order valence-corrected chi connectivity index (χ2v) is 6.59. The molecule has 2 heterocycles. The average molecular weight is 371 g/mol. The zero-order chi connectivity index (χ0) is 17.3. The molecular weight excluding hydrogens is 355 g/mol. The molecule has 1 aliphatic rings. The number of methoxy groups -OCH3 is 1. The van der Waals surface area contributed by atoms with E-state index in [0.29, 0.717) is 35.2 Å². The van der Waals surface area contributed by atoms with Gasteiger partial charge in [-0.05, 0) is 36.6 Å². The van der Waals surface area contributed by atoms with Gasteiger partial charge in [-0.3, -0.25) is 4.79 Å². The molecule has 1 N–H and O–H groups in total. The van der Waals surface area contributed by atoms with Gasteiger partial charge < -0.3 is 14.2 Å². The summed E-state index contributed by atoms with van der Waals surface area (Å²) in [5.74, 6) is 0.593. The van der Waals surface area contributed by atoms with E-state index in [2.05, 4.69) is 5.16 Å². The smallest absolute Gasteiger partial charge is 0.409 e. The molecule has 128 valence electrons. The first kappa shape index (κ1) is 16.9. The zero-order valence-corrected chi connectivity index (χ0v) is 14.4. The summed E-state index contributed by atoms with van der Waals surface area (Å²) < 4.78 is 10.1. The van der Waals surface area contributed by atoms with Gasteiger partial charge in [-0.1, -0.05) is 23.2 Å². The molecule has 0 bridgehead atoms. The number of nitrogens with one attached hydrogen (secondary N) is 1. The molecule has 1 aliphatic heterocycles. The molecule has 1 amide bonds. The van der Waals surface area contributed by atoms with Crippen molar-refractivity contribution < 1.29 is 14.1 Å². The van der Waals surface area contributed by atoms with E-state index >= 15 is 0 Å². The number of aromatic amines is 1. The van der Waals surface area contributed by atoms with E-state index in [-0.39, 0.29) is 17.5 Å². The number of benzene rings is 1. The zero-order valence-electron chi connectivity index (χ0n) is 12.9. The van der Waals surface area contributed by atoms with Crippen LogP contribution in [0.4, 0.5) is 4.79 Å². The third-order valence-corrected chi connectivity index (χ3v) is 4.66. The standard InChI is InChI=1S/C16H16Cl2N2O4/c1-23-16(22)20-3-2-9(14-8-15(21)19-24-14)6-13(20)10-4-11(17)7-12(18)5-10/h4-5,7-9,13H,2-3,6H2,1H3,(H,19,21)/t9-,13+/m1/s1. The van der Waals surface area contributed by atoms with E-state index in [4.69, 9.17) is 32.5 Å². The summed E-state index contributed by atoms with van der Waals surface area (Å²) in [4.78, 5) is 25.1. The molecule has 8 heteroatoms. The number of amides is 1. The van der Waals surface area contributed by atoms with Gasteiger partial charge in [-0.25, -0.2) is 4.79 Å². The van der Waals surface area contributed by atoms with Crippen LogP contribution in [0.3, 0.4) is 0 Å². The van der Waals surface area contributed by atoms with Crippen LogP contribution in [0.15, 0.2) is 33.6 Å². The van der Waals surface area contributed by atoms with Gasteiger partial charge in [0.15, 0.2) is 0 Å². The van der Waals surface area contributed by atoms with Crippen molar-refractivity contribution in [1.29, 1.82) is 0 Å². The lowest BCUT2D eigenvalue weighted by atomic mass is 9.86. The van der Waals surface area contributed by atoms with Gasteiger partial charge in [0, 0.05) is 28.6 Å². The number of hydrogen-bond acceptors (Lipinski definition) is 4. The first-order valence-corrected chi connectivity index (χ1v) is 8.22. The lowest BCUT2D eigenvalue weighted by molar-refractivity contribution is 0.0815. The number of halogens is 2. The van der Waals surface area contributed by atoms with Gasteiger partial charge in [-0.15, -0.1) is 0 Å². The van der Waals surface area contributed by atoms with Gasteiger partial charge in [0.1, 0.15) is 5.76 Å². The van der Waals surface area contributed by atoms with Crippen LogP contribution in [0.2, 0.25) is 10.0 Å². The third kappa shape index (κ3) is 3.44. The number of carbonyl (C=O) groups is 1. The molecule has 3 rings (SSSR count). The Kier molecular flexibility index (Phi) is 4.87. The summed E-state index contributed by atoms with van der Waals surface area (Å²) in [5, 5.41) is 3.30. The molecule has 0 aliphatic carbocycles. The minimum absolute atomic E-state index is 0.00705. The van der Waals surface area contributed by atoms with Crippen LogP contribution >= 0.6 is 23.2 Å². The highest BCUT2D eigenvalue weighted by Crippen LogP contribution is 2.40. The lowest BCUT2D eigenvalue weighted by Crippen LogP contribution is -2.40. The number of likely N-dealkylation sites (tertiary alicyclic amines) is 1. The summed E-state index contributed by atoms with van der Waals surface area (Å²) in [6.07, 6.45) is 0.831. The molecule has 0 unspecified atom stereocenters. The Morgan fingerprint density at radius 3 is 2.58 bits per heavy atom. The van der Waals surface area contributed by atoms with E-state index in [0.717, 1.165) is 5.56 Å². The number of hydrogen-bond donors (Lipinski definition) is 1. The maximum absolute atomic E-state index is 12.1. The quantitative estimate of drug-likeness (QED) is 0.867. The van der Waals surface area contributed by atoms with Crippen LogP contribution in [0.5, 0.6) is 0 Å². The number of piperidine rings is 1. The molecule has 0 spiro atoms. The fourth-order valence-corrected chi connectivity index (χ4v) is 3.68. The monoisotopic (exact) mass is 370 g/mol. The number of H-pyrrole nitrogens is 1. The van der Waals surface area contributed by atoms with Crippen molar-refractivity contribution in [2.45, 2.75) is 24.8 Å². The Bertz CT molecular complexity index is 781. The van der Waals surface area contributed by atoms with Crippen molar-refractivity contribution in [1.82, 2.24) is 10.1 Å². The SMILES string of the molecule is COC(=O)N1CC[C@@H](c2cc(=O)[nH]o2)C[C@H]1c1cc(Cl)cc(Cl)c1. The van der Waals surface area contributed by atoms with Crippen LogP contribution < -0.4 is 5.56 Å². The fraction of sp³-hybridized carbons (Fsp3) is 0.375. The Hall–Kier alpha value is -1.92. The number of rotatable bonds is 2. The largest absolute Gasteiger partial charge is 0.453 e. The van der Waals surface area contributed by atoms with E-state index < -0.39 is 6.09 Å². The molecule has 1 fully saturated rings. The Morgan fingerprint density at radius 2 is 2.00 bits per heavy atom. The van der Waals surface area contributed by atoms with Crippen molar-refractivity contribution in [3.8, 4) is 0 Å².